The van der Waals surface area contributed by atoms with Crippen molar-refractivity contribution in [2.45, 2.75) is 13.8 Å². The lowest BCUT2D eigenvalue weighted by atomic mass is 9.86. The lowest BCUT2D eigenvalue weighted by Crippen LogP contribution is -2.17. The summed E-state index contributed by atoms with van der Waals surface area (Å²) in [6, 6.07) is 13.9. The molecule has 0 amide bonds. The fourth-order valence-electron chi connectivity index (χ4n) is 3.80. The maximum atomic E-state index is 13.9. The van der Waals surface area contributed by atoms with E-state index in [0.29, 0.717) is 34.1 Å². The van der Waals surface area contributed by atoms with E-state index in [0.717, 1.165) is 0 Å². The van der Waals surface area contributed by atoms with Crippen LogP contribution in [0.25, 0.3) is 0 Å². The van der Waals surface area contributed by atoms with Crippen LogP contribution < -0.4 is 18.9 Å². The summed E-state index contributed by atoms with van der Waals surface area (Å²) in [5.74, 6) is 0.731. The number of hydrogen-bond acceptors (Lipinski definition) is 6. The number of aryl methyl sites for hydroxylation is 2. The molecule has 3 rings (SSSR count). The first kappa shape index (κ1) is 22.9. The molecule has 166 valence electrons. The quantitative estimate of drug-likeness (QED) is 0.474. The van der Waals surface area contributed by atoms with Crippen LogP contribution in [0.2, 0.25) is 0 Å². The minimum atomic E-state index is -0.363. The fourth-order valence-corrected chi connectivity index (χ4v) is 3.80. The van der Waals surface area contributed by atoms with Gasteiger partial charge in [0.25, 0.3) is 0 Å². The molecule has 0 aliphatic carbocycles. The van der Waals surface area contributed by atoms with Crippen molar-refractivity contribution < 1.29 is 28.5 Å². The summed E-state index contributed by atoms with van der Waals surface area (Å²) < 4.78 is 21.7. The van der Waals surface area contributed by atoms with Crippen molar-refractivity contribution in [1.29, 1.82) is 0 Å². The zero-order valence-corrected chi connectivity index (χ0v) is 19.1. The molecule has 6 heteroatoms. The van der Waals surface area contributed by atoms with Crippen LogP contribution in [0.3, 0.4) is 0 Å². The van der Waals surface area contributed by atoms with Crippen molar-refractivity contribution in [2.24, 2.45) is 0 Å². The predicted octanol–water partition coefficient (Wildman–Crippen LogP) is 4.80. The lowest BCUT2D eigenvalue weighted by Gasteiger charge is -2.19. The van der Waals surface area contributed by atoms with Crippen LogP contribution in [0.15, 0.2) is 48.5 Å². The number of hydrogen-bond donors (Lipinski definition) is 0. The van der Waals surface area contributed by atoms with Crippen LogP contribution in [0.1, 0.15) is 43.0 Å². The minimum absolute atomic E-state index is 0.257. The van der Waals surface area contributed by atoms with Gasteiger partial charge in [0.2, 0.25) is 11.6 Å². The van der Waals surface area contributed by atoms with Crippen LogP contribution in [0, 0.1) is 13.8 Å². The Morgan fingerprint density at radius 2 is 0.781 bits per heavy atom. The molecule has 3 aromatic rings. The molecule has 0 bridgehead atoms. The Morgan fingerprint density at radius 3 is 1.03 bits per heavy atom. The maximum Gasteiger partial charge on any atom is 0.201 e. The molecule has 0 aromatic heterocycles. The normalized spacial score (nSPS) is 10.4. The summed E-state index contributed by atoms with van der Waals surface area (Å²) in [6.45, 7) is 3.59. The van der Waals surface area contributed by atoms with Crippen molar-refractivity contribution >= 4 is 11.6 Å². The molecule has 0 aliphatic heterocycles. The van der Waals surface area contributed by atoms with Gasteiger partial charge in [-0.25, -0.2) is 0 Å². The highest BCUT2D eigenvalue weighted by molar-refractivity contribution is 6.23. The van der Waals surface area contributed by atoms with Gasteiger partial charge in [0.05, 0.1) is 28.4 Å². The average molecular weight is 434 g/mol. The molecule has 0 radical (unpaired) electrons. The molecule has 0 spiro atoms. The van der Waals surface area contributed by atoms with Gasteiger partial charge in [0.1, 0.15) is 34.1 Å². The van der Waals surface area contributed by atoms with Crippen molar-refractivity contribution in [1.82, 2.24) is 0 Å². The number of carbonyl (C=O) groups excluding carboxylic acids is 2. The Bertz CT molecular complexity index is 1040. The van der Waals surface area contributed by atoms with Crippen LogP contribution in [0.4, 0.5) is 0 Å². The van der Waals surface area contributed by atoms with E-state index >= 15 is 0 Å². The first-order valence-electron chi connectivity index (χ1n) is 10.0. The van der Waals surface area contributed by atoms with Crippen molar-refractivity contribution in [3.63, 3.8) is 0 Å². The van der Waals surface area contributed by atoms with Gasteiger partial charge in [0.15, 0.2) is 0 Å². The largest absolute Gasteiger partial charge is 0.496 e. The van der Waals surface area contributed by atoms with Crippen molar-refractivity contribution in [3.05, 3.63) is 81.9 Å². The van der Waals surface area contributed by atoms with Crippen LogP contribution >= 0.6 is 0 Å². The second-order valence-electron chi connectivity index (χ2n) is 7.18. The van der Waals surface area contributed by atoms with E-state index in [4.69, 9.17) is 18.9 Å². The lowest BCUT2D eigenvalue weighted by molar-refractivity contribution is 0.0995. The Balaban J connectivity index is 2.31. The standard InChI is InChI=1S/C26H26O6/c1-15-13-14-16(2)22(26(28)24-19(31-5)11-8-12-20(24)32-6)21(15)25(27)23-17(29-3)9-7-10-18(23)30-4/h7-14H,1-6H3. The maximum absolute atomic E-state index is 13.9. The zero-order chi connectivity index (χ0) is 23.4. The summed E-state index contributed by atoms with van der Waals surface area (Å²) in [5.41, 5.74) is 2.40. The molecule has 0 heterocycles. The number of benzene rings is 3. The molecule has 0 saturated carbocycles. The first-order chi connectivity index (χ1) is 15.4. The Labute approximate surface area is 187 Å². The Morgan fingerprint density at radius 1 is 0.500 bits per heavy atom. The highest BCUT2D eigenvalue weighted by Crippen LogP contribution is 2.36. The summed E-state index contributed by atoms with van der Waals surface area (Å²) in [7, 11) is 5.95. The summed E-state index contributed by atoms with van der Waals surface area (Å²) in [4.78, 5) is 27.7. The van der Waals surface area contributed by atoms with E-state index in [1.165, 1.54) is 28.4 Å². The third-order valence-electron chi connectivity index (χ3n) is 5.39. The molecule has 0 unspecified atom stereocenters. The number of carbonyl (C=O) groups is 2. The van der Waals surface area contributed by atoms with E-state index < -0.39 is 0 Å². The average Bonchev–Trinajstić information content (AvgIpc) is 2.83. The first-order valence-corrected chi connectivity index (χ1v) is 10.0. The van der Waals surface area contributed by atoms with Crippen LogP contribution in [-0.4, -0.2) is 40.0 Å². The van der Waals surface area contributed by atoms with Gasteiger partial charge in [0, 0.05) is 11.1 Å². The molecule has 0 atom stereocenters. The second-order valence-corrected chi connectivity index (χ2v) is 7.18. The zero-order valence-electron chi connectivity index (χ0n) is 19.1. The van der Waals surface area contributed by atoms with Crippen molar-refractivity contribution in [3.8, 4) is 23.0 Å². The van der Waals surface area contributed by atoms with Gasteiger partial charge in [-0.2, -0.15) is 0 Å². The van der Waals surface area contributed by atoms with Gasteiger partial charge >= 0.3 is 0 Å². The van der Waals surface area contributed by atoms with Gasteiger partial charge in [-0.1, -0.05) is 24.3 Å². The molecule has 0 aliphatic rings. The summed E-state index contributed by atoms with van der Waals surface area (Å²) in [6.07, 6.45) is 0. The van der Waals surface area contributed by atoms with Crippen LogP contribution in [-0.2, 0) is 0 Å². The number of methoxy groups -OCH3 is 4. The van der Waals surface area contributed by atoms with E-state index in [1.54, 1.807) is 50.2 Å². The number of ether oxygens (including phenoxy) is 4. The van der Waals surface area contributed by atoms with Crippen molar-refractivity contribution in [2.75, 3.05) is 28.4 Å². The highest BCUT2D eigenvalue weighted by Gasteiger charge is 2.30. The third kappa shape index (κ3) is 3.91. The van der Waals surface area contributed by atoms with E-state index in [9.17, 15) is 9.59 Å². The van der Waals surface area contributed by atoms with Gasteiger partial charge in [-0.15, -0.1) is 0 Å². The Kier molecular flexibility index (Phi) is 6.83. The second kappa shape index (κ2) is 9.56. The highest BCUT2D eigenvalue weighted by atomic mass is 16.5. The fraction of sp³-hybridized carbons (Fsp3) is 0.231. The Hall–Kier alpha value is -3.80. The number of ketones is 2. The summed E-state index contributed by atoms with van der Waals surface area (Å²) >= 11 is 0. The molecule has 0 N–H and O–H groups in total. The molecule has 0 fully saturated rings. The topological polar surface area (TPSA) is 71.1 Å². The molecule has 6 nitrogen and oxygen atoms in total. The molecular formula is C26H26O6. The number of rotatable bonds is 8. The molecular weight excluding hydrogens is 408 g/mol. The van der Waals surface area contributed by atoms with Gasteiger partial charge < -0.3 is 18.9 Å². The van der Waals surface area contributed by atoms with E-state index in [1.807, 2.05) is 12.1 Å². The minimum Gasteiger partial charge on any atom is -0.496 e. The van der Waals surface area contributed by atoms with E-state index in [-0.39, 0.29) is 33.8 Å². The SMILES string of the molecule is COc1cccc(OC)c1C(=O)c1c(C)ccc(C)c1C(=O)c1c(OC)cccc1OC. The third-order valence-corrected chi connectivity index (χ3v) is 5.39. The molecule has 3 aromatic carbocycles. The smallest absolute Gasteiger partial charge is 0.201 e. The molecule has 32 heavy (non-hydrogen) atoms. The monoisotopic (exact) mass is 434 g/mol. The molecule has 0 saturated heterocycles. The van der Waals surface area contributed by atoms with Gasteiger partial charge in [-0.3, -0.25) is 9.59 Å². The van der Waals surface area contributed by atoms with E-state index in [2.05, 4.69) is 0 Å². The van der Waals surface area contributed by atoms with Gasteiger partial charge in [-0.05, 0) is 49.2 Å². The predicted molar refractivity (Wildman–Crippen MR) is 122 cm³/mol. The summed E-state index contributed by atoms with van der Waals surface area (Å²) in [5, 5.41) is 0. The van der Waals surface area contributed by atoms with Crippen LogP contribution in [0.5, 0.6) is 23.0 Å².